The first-order valence-electron chi connectivity index (χ1n) is 6.72. The minimum absolute atomic E-state index is 0.938. The fourth-order valence-corrected chi connectivity index (χ4v) is 1.87. The molecule has 1 aliphatic heterocycles. The molecule has 2 heteroatoms. The molecule has 0 unspecified atom stereocenters. The Hall–Kier alpha value is -0.0800. The highest BCUT2D eigenvalue weighted by Crippen LogP contribution is 2.14. The van der Waals surface area contributed by atoms with Gasteiger partial charge in [-0.2, -0.15) is 0 Å². The Morgan fingerprint density at radius 1 is 1.20 bits per heavy atom. The lowest BCUT2D eigenvalue weighted by Gasteiger charge is -2.29. The Morgan fingerprint density at radius 2 is 1.80 bits per heavy atom. The summed E-state index contributed by atoms with van der Waals surface area (Å²) in [5, 5.41) is 3.55. The zero-order valence-corrected chi connectivity index (χ0v) is 11.2. The van der Waals surface area contributed by atoms with Crippen LogP contribution in [0.15, 0.2) is 0 Å². The molecule has 0 amide bonds. The molecule has 0 aliphatic carbocycles. The van der Waals surface area contributed by atoms with Gasteiger partial charge in [0, 0.05) is 0 Å². The fourth-order valence-electron chi connectivity index (χ4n) is 1.87. The lowest BCUT2D eigenvalue weighted by atomic mass is 9.97. The van der Waals surface area contributed by atoms with E-state index < -0.39 is 0 Å². The highest BCUT2D eigenvalue weighted by Gasteiger charge is 2.15. The smallest absolute Gasteiger partial charge is 0.00187 e. The van der Waals surface area contributed by atoms with Gasteiger partial charge in [-0.25, -0.2) is 0 Å². The van der Waals surface area contributed by atoms with E-state index in [2.05, 4.69) is 24.2 Å². The van der Waals surface area contributed by atoms with Crippen molar-refractivity contribution in [3.05, 3.63) is 0 Å². The molecule has 0 atom stereocenters. The number of hydrogen-bond acceptors (Lipinski definition) is 2. The van der Waals surface area contributed by atoms with Crippen LogP contribution in [0.25, 0.3) is 0 Å². The van der Waals surface area contributed by atoms with Crippen LogP contribution in [0, 0.1) is 5.92 Å². The second kappa shape index (κ2) is 10.4. The fraction of sp³-hybridized carbons (Fsp3) is 1.00. The van der Waals surface area contributed by atoms with Crippen molar-refractivity contribution in [1.29, 1.82) is 0 Å². The van der Waals surface area contributed by atoms with Crippen LogP contribution in [0.5, 0.6) is 0 Å². The van der Waals surface area contributed by atoms with Crippen molar-refractivity contribution in [3.63, 3.8) is 0 Å². The summed E-state index contributed by atoms with van der Waals surface area (Å²) in [6.45, 7) is 11.3. The Labute approximate surface area is 96.4 Å². The zero-order valence-electron chi connectivity index (χ0n) is 11.2. The molecular formula is C13H30N2. The normalized spacial score (nSPS) is 18.4. The van der Waals surface area contributed by atoms with E-state index in [1.165, 1.54) is 51.9 Å². The summed E-state index contributed by atoms with van der Waals surface area (Å²) in [5.41, 5.74) is 0. The number of hydrogen-bond donors (Lipinski definition) is 1. The molecule has 0 aromatic carbocycles. The molecule has 92 valence electrons. The highest BCUT2D eigenvalue weighted by atomic mass is 15.1. The third kappa shape index (κ3) is 7.80. The topological polar surface area (TPSA) is 15.3 Å². The van der Waals surface area contributed by atoms with Crippen molar-refractivity contribution in [2.75, 3.05) is 33.2 Å². The molecule has 0 aromatic heterocycles. The van der Waals surface area contributed by atoms with Gasteiger partial charge in [0.2, 0.25) is 0 Å². The van der Waals surface area contributed by atoms with E-state index >= 15 is 0 Å². The van der Waals surface area contributed by atoms with Gasteiger partial charge >= 0.3 is 0 Å². The number of piperidine rings is 1. The van der Waals surface area contributed by atoms with Gasteiger partial charge in [0.05, 0.1) is 0 Å². The Kier molecular flexibility index (Phi) is 10.4. The number of likely N-dealkylation sites (tertiary alicyclic amines) is 1. The lowest BCUT2D eigenvalue weighted by molar-refractivity contribution is 0.216. The summed E-state index contributed by atoms with van der Waals surface area (Å²) >= 11 is 0. The summed E-state index contributed by atoms with van der Waals surface area (Å²) < 4.78 is 0. The van der Waals surface area contributed by atoms with Crippen LogP contribution in [0.3, 0.4) is 0 Å². The largest absolute Gasteiger partial charge is 0.316 e. The summed E-state index contributed by atoms with van der Waals surface area (Å²) in [6, 6.07) is 0. The molecule has 0 aromatic rings. The maximum absolute atomic E-state index is 3.55. The summed E-state index contributed by atoms with van der Waals surface area (Å²) in [5.74, 6) is 0.938. The first kappa shape index (κ1) is 14.9. The van der Waals surface area contributed by atoms with E-state index in [9.17, 15) is 0 Å². The SMILES string of the molecule is CC.CCCCNCC1CCN(C)CC1. The predicted octanol–water partition coefficient (Wildman–Crippen LogP) is 2.74. The summed E-state index contributed by atoms with van der Waals surface area (Å²) in [6.07, 6.45) is 5.40. The molecule has 1 N–H and O–H groups in total. The van der Waals surface area contributed by atoms with Gasteiger partial charge < -0.3 is 10.2 Å². The van der Waals surface area contributed by atoms with E-state index in [0.29, 0.717) is 0 Å². The summed E-state index contributed by atoms with van der Waals surface area (Å²) in [4.78, 5) is 2.43. The van der Waals surface area contributed by atoms with E-state index in [-0.39, 0.29) is 0 Å². The molecule has 1 saturated heterocycles. The Morgan fingerprint density at radius 3 is 2.33 bits per heavy atom. The van der Waals surface area contributed by atoms with E-state index in [1.54, 1.807) is 0 Å². The first-order valence-corrected chi connectivity index (χ1v) is 6.72. The molecule has 0 spiro atoms. The molecular weight excluding hydrogens is 184 g/mol. The first-order chi connectivity index (χ1) is 7.33. The van der Waals surface area contributed by atoms with E-state index in [0.717, 1.165) is 5.92 Å². The third-order valence-corrected chi connectivity index (χ3v) is 2.98. The Bertz CT molecular complexity index is 118. The molecule has 0 bridgehead atoms. The van der Waals surface area contributed by atoms with Gasteiger partial charge in [0.25, 0.3) is 0 Å². The number of unbranched alkanes of at least 4 members (excludes halogenated alkanes) is 1. The van der Waals surface area contributed by atoms with Crippen LogP contribution in [0.4, 0.5) is 0 Å². The van der Waals surface area contributed by atoms with Gasteiger partial charge in [-0.3, -0.25) is 0 Å². The molecule has 1 heterocycles. The van der Waals surface area contributed by atoms with Crippen LogP contribution in [0.2, 0.25) is 0 Å². The van der Waals surface area contributed by atoms with Gasteiger partial charge in [-0.05, 0) is 58.4 Å². The maximum Gasteiger partial charge on any atom is -0.00187 e. The average Bonchev–Trinajstić information content (AvgIpc) is 2.30. The van der Waals surface area contributed by atoms with Crippen molar-refractivity contribution in [2.24, 2.45) is 5.92 Å². The van der Waals surface area contributed by atoms with Crippen LogP contribution < -0.4 is 5.32 Å². The zero-order chi connectivity index (χ0) is 11.5. The van der Waals surface area contributed by atoms with Crippen molar-refractivity contribution in [1.82, 2.24) is 10.2 Å². The van der Waals surface area contributed by atoms with Crippen LogP contribution in [-0.2, 0) is 0 Å². The van der Waals surface area contributed by atoms with Crippen LogP contribution in [-0.4, -0.2) is 38.1 Å². The van der Waals surface area contributed by atoms with Crippen molar-refractivity contribution in [2.45, 2.75) is 46.5 Å². The Balaban J connectivity index is 0.000000921. The van der Waals surface area contributed by atoms with Crippen molar-refractivity contribution < 1.29 is 0 Å². The standard InChI is InChI=1S/C11H24N2.C2H6/c1-3-4-7-12-10-11-5-8-13(2)9-6-11;1-2/h11-12H,3-10H2,1-2H3;1-2H3. The van der Waals surface area contributed by atoms with Crippen LogP contribution in [0.1, 0.15) is 46.5 Å². The molecule has 2 nitrogen and oxygen atoms in total. The second-order valence-electron chi connectivity index (χ2n) is 4.30. The second-order valence-corrected chi connectivity index (χ2v) is 4.30. The maximum atomic E-state index is 3.55. The minimum atomic E-state index is 0.938. The number of rotatable bonds is 5. The molecule has 0 saturated carbocycles. The molecule has 0 radical (unpaired) electrons. The van der Waals surface area contributed by atoms with Crippen molar-refractivity contribution >= 4 is 0 Å². The van der Waals surface area contributed by atoms with Crippen LogP contribution >= 0.6 is 0 Å². The summed E-state index contributed by atoms with van der Waals surface area (Å²) in [7, 11) is 2.22. The average molecular weight is 214 g/mol. The molecule has 1 rings (SSSR count). The van der Waals surface area contributed by atoms with E-state index in [4.69, 9.17) is 0 Å². The highest BCUT2D eigenvalue weighted by molar-refractivity contribution is 4.71. The lowest BCUT2D eigenvalue weighted by Crippen LogP contribution is -2.35. The van der Waals surface area contributed by atoms with Gasteiger partial charge in [-0.1, -0.05) is 27.2 Å². The quantitative estimate of drug-likeness (QED) is 0.708. The molecule has 1 aliphatic rings. The minimum Gasteiger partial charge on any atom is -0.316 e. The number of nitrogens with zero attached hydrogens (tertiary/aromatic N) is 1. The van der Waals surface area contributed by atoms with Gasteiger partial charge in [-0.15, -0.1) is 0 Å². The van der Waals surface area contributed by atoms with Gasteiger partial charge in [0.15, 0.2) is 0 Å². The monoisotopic (exact) mass is 214 g/mol. The third-order valence-electron chi connectivity index (χ3n) is 2.98. The molecule has 1 fully saturated rings. The van der Waals surface area contributed by atoms with Crippen molar-refractivity contribution in [3.8, 4) is 0 Å². The van der Waals surface area contributed by atoms with Gasteiger partial charge in [0.1, 0.15) is 0 Å². The van der Waals surface area contributed by atoms with E-state index in [1.807, 2.05) is 13.8 Å². The predicted molar refractivity (Wildman–Crippen MR) is 69.3 cm³/mol. The molecule has 15 heavy (non-hydrogen) atoms. The number of nitrogens with one attached hydrogen (secondary N) is 1.